The van der Waals surface area contributed by atoms with Gasteiger partial charge in [0, 0.05) is 18.7 Å². The molecule has 0 unspecified atom stereocenters. The van der Waals surface area contributed by atoms with Crippen LogP contribution in [0.25, 0.3) is 0 Å². The molecule has 0 aliphatic rings. The number of benzene rings is 1. The van der Waals surface area contributed by atoms with Gasteiger partial charge in [-0.15, -0.1) is 0 Å². The normalized spacial score (nSPS) is 10.1. The van der Waals surface area contributed by atoms with Crippen molar-refractivity contribution in [2.24, 2.45) is 5.73 Å². The lowest BCUT2D eigenvalue weighted by molar-refractivity contribution is 0.174. The molecular formula is C15H22N2O2. The minimum atomic E-state index is 0.179. The fourth-order valence-corrected chi connectivity index (χ4v) is 1.68. The minimum Gasteiger partial charge on any atom is -0.492 e. The van der Waals surface area contributed by atoms with Gasteiger partial charge in [-0.05, 0) is 24.7 Å². The van der Waals surface area contributed by atoms with Gasteiger partial charge in [0.1, 0.15) is 12.4 Å². The van der Waals surface area contributed by atoms with Crippen LogP contribution in [0, 0.1) is 11.8 Å². The molecule has 0 spiro atoms. The first-order chi connectivity index (χ1) is 9.30. The summed E-state index contributed by atoms with van der Waals surface area (Å²) in [5.74, 6) is 6.60. The van der Waals surface area contributed by atoms with Gasteiger partial charge in [-0.25, -0.2) is 0 Å². The summed E-state index contributed by atoms with van der Waals surface area (Å²) >= 11 is 0. The monoisotopic (exact) mass is 262 g/mol. The highest BCUT2D eigenvalue weighted by molar-refractivity contribution is 5.39. The molecule has 0 aromatic heterocycles. The zero-order valence-electron chi connectivity index (χ0n) is 11.4. The number of nitrogens with two attached hydrogens (primary N) is 1. The predicted octanol–water partition coefficient (Wildman–Crippen LogP) is 0.690. The highest BCUT2D eigenvalue weighted by Gasteiger charge is 2.01. The van der Waals surface area contributed by atoms with Crippen LogP contribution in [0.4, 0.5) is 0 Å². The fraction of sp³-hybridized carbons (Fsp3) is 0.467. The lowest BCUT2D eigenvalue weighted by atomic mass is 10.2. The average molecular weight is 262 g/mol. The highest BCUT2D eigenvalue weighted by Crippen LogP contribution is 2.12. The summed E-state index contributed by atoms with van der Waals surface area (Å²) in [5.41, 5.74) is 6.25. The van der Waals surface area contributed by atoms with Crippen molar-refractivity contribution >= 4 is 0 Å². The van der Waals surface area contributed by atoms with Crippen LogP contribution in [0.3, 0.4) is 0 Å². The van der Waals surface area contributed by atoms with Crippen molar-refractivity contribution in [3.05, 3.63) is 29.8 Å². The summed E-state index contributed by atoms with van der Waals surface area (Å²) in [6, 6.07) is 7.67. The van der Waals surface area contributed by atoms with E-state index in [1.807, 2.05) is 24.3 Å². The summed E-state index contributed by atoms with van der Waals surface area (Å²) in [6.45, 7) is 5.60. The summed E-state index contributed by atoms with van der Waals surface area (Å²) in [7, 11) is 0. The molecule has 0 atom stereocenters. The van der Waals surface area contributed by atoms with Crippen LogP contribution >= 0.6 is 0 Å². The lowest BCUT2D eigenvalue weighted by Gasteiger charge is -2.19. The predicted molar refractivity (Wildman–Crippen MR) is 77.1 cm³/mol. The largest absolute Gasteiger partial charge is 0.492 e. The number of aliphatic hydroxyl groups is 1. The van der Waals surface area contributed by atoms with Gasteiger partial charge >= 0.3 is 0 Å². The molecule has 0 fully saturated rings. The molecule has 0 saturated heterocycles. The van der Waals surface area contributed by atoms with E-state index in [2.05, 4.69) is 23.7 Å². The number of rotatable bonds is 7. The Kier molecular flexibility index (Phi) is 7.68. The first kappa shape index (κ1) is 15.5. The van der Waals surface area contributed by atoms with Crippen LogP contribution in [-0.2, 0) is 0 Å². The van der Waals surface area contributed by atoms with E-state index in [9.17, 15) is 0 Å². The Hall–Kier alpha value is -1.54. The molecule has 1 aromatic carbocycles. The first-order valence-electron chi connectivity index (χ1n) is 6.55. The number of hydrogen-bond acceptors (Lipinski definition) is 4. The van der Waals surface area contributed by atoms with Gasteiger partial charge in [-0.2, -0.15) is 0 Å². The number of aliphatic hydroxyl groups excluding tert-OH is 1. The van der Waals surface area contributed by atoms with Crippen LogP contribution in [0.1, 0.15) is 12.5 Å². The van der Waals surface area contributed by atoms with Gasteiger partial charge in [-0.1, -0.05) is 24.8 Å². The Balaban J connectivity index is 2.44. The van der Waals surface area contributed by atoms with Gasteiger partial charge in [0.15, 0.2) is 0 Å². The molecule has 19 heavy (non-hydrogen) atoms. The van der Waals surface area contributed by atoms with Crippen molar-refractivity contribution in [2.45, 2.75) is 6.92 Å². The van der Waals surface area contributed by atoms with Crippen LogP contribution in [0.2, 0.25) is 0 Å². The number of hydrogen-bond donors (Lipinski definition) is 2. The second-order valence-electron chi connectivity index (χ2n) is 4.04. The molecule has 0 amide bonds. The Labute approximate surface area is 115 Å². The Morgan fingerprint density at radius 3 is 2.89 bits per heavy atom. The summed E-state index contributed by atoms with van der Waals surface area (Å²) < 4.78 is 5.68. The van der Waals surface area contributed by atoms with Crippen molar-refractivity contribution < 1.29 is 9.84 Å². The Morgan fingerprint density at radius 1 is 1.37 bits per heavy atom. The average Bonchev–Trinajstić information content (AvgIpc) is 2.44. The summed E-state index contributed by atoms with van der Waals surface area (Å²) in [6.07, 6.45) is 0. The molecule has 0 heterocycles. The number of ether oxygens (including phenoxy) is 1. The van der Waals surface area contributed by atoms with E-state index in [1.165, 1.54) is 0 Å². The van der Waals surface area contributed by atoms with Crippen molar-refractivity contribution in [3.63, 3.8) is 0 Å². The van der Waals surface area contributed by atoms with E-state index in [4.69, 9.17) is 15.6 Å². The first-order valence-corrected chi connectivity index (χ1v) is 6.55. The summed E-state index contributed by atoms with van der Waals surface area (Å²) in [5, 5.41) is 8.90. The molecule has 3 N–H and O–H groups in total. The molecule has 0 aliphatic carbocycles. The molecule has 0 radical (unpaired) electrons. The van der Waals surface area contributed by atoms with Gasteiger partial charge < -0.3 is 15.6 Å². The summed E-state index contributed by atoms with van der Waals surface area (Å²) in [4.78, 5) is 2.14. The van der Waals surface area contributed by atoms with Crippen molar-refractivity contribution in [1.29, 1.82) is 0 Å². The molecule has 1 aromatic rings. The standard InChI is InChI=1S/C15H22N2O2/c1-2-17(9-11-18)10-12-19-15-7-3-5-14(13-15)6-4-8-16/h3,5,7,13,18H,2,8-12,16H2,1H3. The molecule has 0 bridgehead atoms. The third-order valence-electron chi connectivity index (χ3n) is 2.71. The van der Waals surface area contributed by atoms with E-state index in [0.29, 0.717) is 19.7 Å². The molecule has 104 valence electrons. The number of nitrogens with zero attached hydrogens (tertiary/aromatic N) is 1. The minimum absolute atomic E-state index is 0.179. The highest BCUT2D eigenvalue weighted by atomic mass is 16.5. The van der Waals surface area contributed by atoms with E-state index in [0.717, 1.165) is 24.4 Å². The zero-order chi connectivity index (χ0) is 13.9. The van der Waals surface area contributed by atoms with E-state index < -0.39 is 0 Å². The SMILES string of the molecule is CCN(CCO)CCOc1cccc(C#CCN)c1. The third-order valence-corrected chi connectivity index (χ3v) is 2.71. The van der Waals surface area contributed by atoms with Crippen molar-refractivity contribution in [1.82, 2.24) is 4.90 Å². The molecule has 4 heteroatoms. The van der Waals surface area contributed by atoms with Gasteiger partial charge in [0.2, 0.25) is 0 Å². The topological polar surface area (TPSA) is 58.7 Å². The second kappa shape index (κ2) is 9.40. The molecule has 0 aliphatic heterocycles. The van der Waals surface area contributed by atoms with Gasteiger partial charge in [0.05, 0.1) is 13.2 Å². The van der Waals surface area contributed by atoms with Crippen molar-refractivity contribution in [2.75, 3.05) is 39.4 Å². The maximum Gasteiger partial charge on any atom is 0.120 e. The lowest BCUT2D eigenvalue weighted by Crippen LogP contribution is -2.30. The quantitative estimate of drug-likeness (QED) is 0.710. The zero-order valence-corrected chi connectivity index (χ0v) is 11.4. The number of likely N-dealkylation sites (N-methyl/N-ethyl adjacent to an activating group) is 1. The van der Waals surface area contributed by atoms with E-state index in [-0.39, 0.29) is 6.61 Å². The fourth-order valence-electron chi connectivity index (χ4n) is 1.68. The van der Waals surface area contributed by atoms with Crippen LogP contribution in [0.15, 0.2) is 24.3 Å². The third kappa shape index (κ3) is 6.25. The Morgan fingerprint density at radius 2 is 2.21 bits per heavy atom. The van der Waals surface area contributed by atoms with Crippen molar-refractivity contribution in [3.8, 4) is 17.6 Å². The van der Waals surface area contributed by atoms with Crippen LogP contribution in [-0.4, -0.2) is 49.4 Å². The van der Waals surface area contributed by atoms with Crippen LogP contribution in [0.5, 0.6) is 5.75 Å². The molecule has 4 nitrogen and oxygen atoms in total. The van der Waals surface area contributed by atoms with Gasteiger partial charge in [0.25, 0.3) is 0 Å². The molecular weight excluding hydrogens is 240 g/mol. The maximum atomic E-state index is 8.90. The smallest absolute Gasteiger partial charge is 0.120 e. The Bertz CT molecular complexity index is 424. The van der Waals surface area contributed by atoms with E-state index >= 15 is 0 Å². The van der Waals surface area contributed by atoms with E-state index in [1.54, 1.807) is 0 Å². The molecule has 0 saturated carbocycles. The van der Waals surface area contributed by atoms with Crippen LogP contribution < -0.4 is 10.5 Å². The second-order valence-corrected chi connectivity index (χ2v) is 4.04. The van der Waals surface area contributed by atoms with Gasteiger partial charge in [-0.3, -0.25) is 4.90 Å². The molecule has 1 rings (SSSR count). The maximum absolute atomic E-state index is 8.90.